The Kier molecular flexibility index (Phi) is 4.36. The van der Waals surface area contributed by atoms with Crippen molar-refractivity contribution in [1.82, 2.24) is 0 Å². The van der Waals surface area contributed by atoms with E-state index < -0.39 is 0 Å². The van der Waals surface area contributed by atoms with E-state index in [9.17, 15) is 4.80 Å². The number of hydrogen-bond acceptors (Lipinski definition) is 1. The van der Waals surface area contributed by atoms with Gasteiger partial charge in [0.1, 0.15) is 0 Å². The molecular weight excluding hydrogens is 188 g/mol. The highest BCUT2D eigenvalue weighted by Gasteiger charge is 2.07. The summed E-state index contributed by atoms with van der Waals surface area (Å²) in [4.78, 5) is 9.24. The molecule has 1 aromatic carbocycles. The van der Waals surface area contributed by atoms with E-state index in [-0.39, 0.29) is 9.76 Å². The van der Waals surface area contributed by atoms with Crippen molar-refractivity contribution in [2.45, 2.75) is 33.6 Å². The maximum Gasteiger partial charge on any atom is 0.265 e. The van der Waals surface area contributed by atoms with E-state index in [1.54, 1.807) is 0 Å². The fraction of sp³-hybridized carbons (Fsp3) is 0.500. The Morgan fingerprint density at radius 3 is 2.57 bits per heavy atom. The molecule has 0 aromatic heterocycles. The van der Waals surface area contributed by atoms with Crippen LogP contribution in [0.4, 0.5) is 0 Å². The zero-order chi connectivity index (χ0) is 10.6. The van der Waals surface area contributed by atoms with E-state index in [2.05, 4.69) is 32.9 Å². The summed E-state index contributed by atoms with van der Waals surface area (Å²) < 4.78 is 0. The summed E-state index contributed by atoms with van der Waals surface area (Å²) in [5.74, 6) is 0.678. The molecule has 0 saturated heterocycles. The van der Waals surface area contributed by atoms with Crippen molar-refractivity contribution in [2.75, 3.05) is 0 Å². The van der Waals surface area contributed by atoms with Gasteiger partial charge in [-0.1, -0.05) is 39.0 Å². The van der Waals surface area contributed by atoms with Crippen LogP contribution in [0.15, 0.2) is 18.2 Å². The Morgan fingerprint density at radius 2 is 2.07 bits per heavy atom. The molecule has 2 heteroatoms. The summed E-state index contributed by atoms with van der Waals surface area (Å²) in [6.45, 7) is 6.61. The Labute approximate surface area is 89.1 Å². The van der Waals surface area contributed by atoms with Gasteiger partial charge in [-0.2, -0.15) is 0 Å². The highest BCUT2D eigenvalue weighted by molar-refractivity contribution is 6.46. The van der Waals surface area contributed by atoms with Gasteiger partial charge in [0.15, 0.2) is 0 Å². The predicted molar refractivity (Wildman–Crippen MR) is 62.0 cm³/mol. The van der Waals surface area contributed by atoms with Gasteiger partial charge in [-0.3, -0.25) is 0 Å². The van der Waals surface area contributed by atoms with E-state index in [0.29, 0.717) is 5.92 Å². The Balaban J connectivity index is 3.02. The molecule has 0 aliphatic rings. The monoisotopic (exact) mass is 206 g/mol. The topological polar surface area (TPSA) is 20.2 Å². The van der Waals surface area contributed by atoms with Crippen LogP contribution in [0.25, 0.3) is 0 Å². The molecule has 1 nitrogen and oxygen atoms in total. The molecule has 0 heterocycles. The third-order valence-corrected chi connectivity index (χ3v) is 3.08. The molecule has 1 aromatic rings. The van der Waals surface area contributed by atoms with Crippen molar-refractivity contribution < 1.29 is 4.80 Å². The second kappa shape index (κ2) is 5.32. The lowest BCUT2D eigenvalue weighted by atomic mass is 9.97. The summed E-state index contributed by atoms with van der Waals surface area (Å²) in [6.07, 6.45) is 2.13. The average molecular weight is 206 g/mol. The van der Waals surface area contributed by atoms with Crippen LogP contribution in [0.5, 0.6) is 0 Å². The average Bonchev–Trinajstić information content (AvgIpc) is 2.16. The van der Waals surface area contributed by atoms with Crippen LogP contribution in [-0.4, -0.2) is 14.6 Å². The molecule has 76 valence electrons. The van der Waals surface area contributed by atoms with Crippen molar-refractivity contribution in [3.05, 3.63) is 29.3 Å². The van der Waals surface area contributed by atoms with E-state index in [1.165, 1.54) is 11.1 Å². The summed E-state index contributed by atoms with van der Waals surface area (Å²) in [5.41, 5.74) is 2.75. The van der Waals surface area contributed by atoms with E-state index >= 15 is 0 Å². The zero-order valence-electron chi connectivity index (χ0n) is 9.17. The predicted octanol–water partition coefficient (Wildman–Crippen LogP) is 1.68. The second-order valence-corrected chi connectivity index (χ2v) is 4.77. The Bertz CT molecular complexity index is 294. The van der Waals surface area contributed by atoms with Crippen molar-refractivity contribution in [3.8, 4) is 0 Å². The highest BCUT2D eigenvalue weighted by atomic mass is 28.2. The molecule has 0 unspecified atom stereocenters. The molecule has 0 atom stereocenters. The molecule has 0 saturated carbocycles. The Hall–Kier alpha value is -0.603. The Morgan fingerprint density at radius 1 is 1.36 bits per heavy atom. The number of benzene rings is 1. The van der Waals surface area contributed by atoms with Gasteiger partial charge in [-0.15, -0.1) is 0 Å². The first-order valence-corrected chi connectivity index (χ1v) is 6.14. The van der Waals surface area contributed by atoms with Crippen LogP contribution in [0.2, 0.25) is 0 Å². The van der Waals surface area contributed by atoms with Crippen molar-refractivity contribution in [1.29, 1.82) is 0 Å². The number of hydrogen-bond donors (Lipinski definition) is 1. The first-order valence-electron chi connectivity index (χ1n) is 5.19. The lowest BCUT2D eigenvalue weighted by molar-refractivity contribution is 0.614. The molecule has 2 radical (unpaired) electrons. The summed E-state index contributed by atoms with van der Waals surface area (Å²) in [5, 5.41) is 1.12. The highest BCUT2D eigenvalue weighted by Crippen LogP contribution is 2.12. The van der Waals surface area contributed by atoms with Gasteiger partial charge in [-0.25, -0.2) is 0 Å². The molecule has 0 spiro atoms. The lowest BCUT2D eigenvalue weighted by Crippen LogP contribution is -2.21. The number of rotatable bonds is 4. The largest absolute Gasteiger partial charge is 0.428 e. The molecule has 0 aliphatic heterocycles. The van der Waals surface area contributed by atoms with Crippen LogP contribution in [0.3, 0.4) is 0 Å². The van der Waals surface area contributed by atoms with Gasteiger partial charge in [0, 0.05) is 0 Å². The minimum absolute atomic E-state index is 0.0713. The van der Waals surface area contributed by atoms with Crippen LogP contribution < -0.4 is 5.19 Å². The smallest absolute Gasteiger partial charge is 0.265 e. The maximum absolute atomic E-state index is 9.24. The fourth-order valence-electron chi connectivity index (χ4n) is 1.79. The summed E-state index contributed by atoms with van der Waals surface area (Å²) in [6, 6.07) is 6.26. The van der Waals surface area contributed by atoms with E-state index in [1.807, 2.05) is 6.07 Å². The van der Waals surface area contributed by atoms with Gasteiger partial charge in [0.05, 0.1) is 0 Å². The third-order valence-electron chi connectivity index (χ3n) is 2.38. The van der Waals surface area contributed by atoms with E-state index in [4.69, 9.17) is 0 Å². The van der Waals surface area contributed by atoms with Gasteiger partial charge < -0.3 is 4.80 Å². The van der Waals surface area contributed by atoms with Gasteiger partial charge in [0.2, 0.25) is 0 Å². The van der Waals surface area contributed by atoms with Crippen LogP contribution in [0, 0.1) is 5.92 Å². The SMILES string of the molecule is CCc1c(CC(C)C)cccc1[Si]O. The first-order chi connectivity index (χ1) is 6.69. The molecule has 0 amide bonds. The lowest BCUT2D eigenvalue weighted by Gasteiger charge is -2.13. The molecule has 14 heavy (non-hydrogen) atoms. The molecule has 0 bridgehead atoms. The minimum atomic E-state index is -0.0713. The quantitative estimate of drug-likeness (QED) is 0.743. The van der Waals surface area contributed by atoms with Crippen molar-refractivity contribution in [3.63, 3.8) is 0 Å². The fourth-order valence-corrected chi connectivity index (χ4v) is 2.43. The van der Waals surface area contributed by atoms with Gasteiger partial charge >= 0.3 is 0 Å². The van der Waals surface area contributed by atoms with Gasteiger partial charge in [-0.05, 0) is 35.1 Å². The third kappa shape index (κ3) is 2.69. The molecular formula is C12H18OSi. The molecule has 1 rings (SSSR count). The van der Waals surface area contributed by atoms with Crippen molar-refractivity contribution >= 4 is 14.9 Å². The minimum Gasteiger partial charge on any atom is -0.428 e. The molecule has 0 aliphatic carbocycles. The first kappa shape index (κ1) is 11.5. The van der Waals surface area contributed by atoms with Crippen LogP contribution in [0.1, 0.15) is 31.9 Å². The summed E-state index contributed by atoms with van der Waals surface area (Å²) >= 11 is 0. The molecule has 0 fully saturated rings. The second-order valence-electron chi connectivity index (χ2n) is 4.01. The van der Waals surface area contributed by atoms with E-state index in [0.717, 1.165) is 18.0 Å². The zero-order valence-corrected chi connectivity index (χ0v) is 10.2. The van der Waals surface area contributed by atoms with Gasteiger partial charge in [0.25, 0.3) is 9.76 Å². The molecule has 1 N–H and O–H groups in total. The normalized spacial score (nSPS) is 10.9. The van der Waals surface area contributed by atoms with Crippen LogP contribution in [-0.2, 0) is 12.8 Å². The van der Waals surface area contributed by atoms with Crippen LogP contribution >= 0.6 is 0 Å². The summed E-state index contributed by atoms with van der Waals surface area (Å²) in [7, 11) is -0.0713. The maximum atomic E-state index is 9.24. The standard InChI is InChI=1S/C12H18OSi/c1-4-11-10(8-9(2)3)6-5-7-12(11)14-13/h5-7,9,13H,4,8H2,1-3H3. The van der Waals surface area contributed by atoms with Crippen molar-refractivity contribution in [2.24, 2.45) is 5.92 Å².